The second kappa shape index (κ2) is 6.30. The number of rotatable bonds is 3. The van der Waals surface area contributed by atoms with Crippen LogP contribution in [0.15, 0.2) is 29.6 Å². The molecular formula is C17H19N9O2. The van der Waals surface area contributed by atoms with Crippen LogP contribution in [0, 0.1) is 6.92 Å². The van der Waals surface area contributed by atoms with Gasteiger partial charge in [-0.2, -0.15) is 14.8 Å². The molecule has 0 aliphatic carbocycles. The van der Waals surface area contributed by atoms with Crippen LogP contribution in [0.3, 0.4) is 0 Å². The number of hydrogen-bond donors (Lipinski definition) is 1. The maximum absolute atomic E-state index is 12.8. The van der Waals surface area contributed by atoms with Crippen molar-refractivity contribution >= 4 is 28.4 Å². The fourth-order valence-electron chi connectivity index (χ4n) is 3.37. The molecule has 0 aromatic carbocycles. The molecule has 1 aliphatic rings. The molecule has 28 heavy (non-hydrogen) atoms. The molecule has 0 amide bonds. The number of imidazole rings is 1. The van der Waals surface area contributed by atoms with E-state index in [2.05, 4.69) is 25.4 Å². The van der Waals surface area contributed by atoms with Gasteiger partial charge >= 0.3 is 5.69 Å². The third-order valence-corrected chi connectivity index (χ3v) is 4.92. The Morgan fingerprint density at radius 3 is 2.86 bits per heavy atom. The minimum Gasteiger partial charge on any atom is -0.378 e. The van der Waals surface area contributed by atoms with Gasteiger partial charge in [-0.15, -0.1) is 0 Å². The number of morpholine rings is 1. The largest absolute Gasteiger partial charge is 0.378 e. The Morgan fingerprint density at radius 1 is 1.21 bits per heavy atom. The van der Waals surface area contributed by atoms with Crippen LogP contribution in [-0.2, 0) is 11.8 Å². The first kappa shape index (κ1) is 16.7. The molecule has 1 N–H and O–H groups in total. The molecule has 0 saturated carbocycles. The van der Waals surface area contributed by atoms with Gasteiger partial charge in [-0.25, -0.2) is 19.3 Å². The summed E-state index contributed by atoms with van der Waals surface area (Å²) in [6, 6.07) is 1.93. The zero-order valence-corrected chi connectivity index (χ0v) is 15.5. The van der Waals surface area contributed by atoms with Crippen molar-refractivity contribution in [2.75, 3.05) is 36.6 Å². The number of anilines is 2. The van der Waals surface area contributed by atoms with Gasteiger partial charge < -0.3 is 15.1 Å². The van der Waals surface area contributed by atoms with Gasteiger partial charge in [0.2, 0.25) is 5.95 Å². The number of nitrogens with zero attached hydrogens (tertiary/aromatic N) is 8. The number of aromatic nitrogens is 7. The summed E-state index contributed by atoms with van der Waals surface area (Å²) in [7, 11) is 1.72. The van der Waals surface area contributed by atoms with Crippen LogP contribution in [0.25, 0.3) is 16.8 Å². The number of nitrogens with one attached hydrogen (secondary N) is 1. The standard InChI is InChI=1S/C17H19N9O2/c1-11-7-14-19-10-20-25(14)9-12(11)21-16-18-8-13-15(22-16)26(17(27)23(13)2)24-3-5-28-6-4-24/h7-10H,3-6H2,1-2H3,(H,18,21,22). The average molecular weight is 381 g/mol. The molecule has 0 atom stereocenters. The fourth-order valence-corrected chi connectivity index (χ4v) is 3.37. The normalized spacial score (nSPS) is 14.9. The van der Waals surface area contributed by atoms with Gasteiger partial charge in [0.15, 0.2) is 11.3 Å². The summed E-state index contributed by atoms with van der Waals surface area (Å²) in [6.45, 7) is 4.40. The summed E-state index contributed by atoms with van der Waals surface area (Å²) in [5.41, 5.74) is 3.65. The van der Waals surface area contributed by atoms with Crippen LogP contribution < -0.4 is 16.0 Å². The number of ether oxygens (including phenoxy) is 1. The van der Waals surface area contributed by atoms with Gasteiger partial charge in [-0.3, -0.25) is 4.57 Å². The van der Waals surface area contributed by atoms with E-state index in [-0.39, 0.29) is 5.69 Å². The lowest BCUT2D eigenvalue weighted by atomic mass is 10.2. The lowest BCUT2D eigenvalue weighted by Gasteiger charge is -2.28. The van der Waals surface area contributed by atoms with E-state index in [1.54, 1.807) is 27.0 Å². The highest BCUT2D eigenvalue weighted by molar-refractivity contribution is 5.73. The van der Waals surface area contributed by atoms with E-state index >= 15 is 0 Å². The summed E-state index contributed by atoms with van der Waals surface area (Å²) in [4.78, 5) is 26.0. The van der Waals surface area contributed by atoms with E-state index in [4.69, 9.17) is 4.74 Å². The van der Waals surface area contributed by atoms with E-state index < -0.39 is 0 Å². The van der Waals surface area contributed by atoms with Crippen LogP contribution in [0.1, 0.15) is 5.56 Å². The zero-order chi connectivity index (χ0) is 19.3. The topological polar surface area (TPSA) is 107 Å². The predicted molar refractivity (Wildman–Crippen MR) is 103 cm³/mol. The van der Waals surface area contributed by atoms with Crippen LogP contribution >= 0.6 is 0 Å². The van der Waals surface area contributed by atoms with Crippen molar-refractivity contribution in [2.45, 2.75) is 6.92 Å². The molecule has 4 aromatic rings. The molecule has 11 heteroatoms. The second-order valence-corrected chi connectivity index (χ2v) is 6.68. The monoisotopic (exact) mass is 381 g/mol. The summed E-state index contributed by atoms with van der Waals surface area (Å²) >= 11 is 0. The van der Waals surface area contributed by atoms with Gasteiger partial charge in [0.05, 0.1) is 44.4 Å². The van der Waals surface area contributed by atoms with Gasteiger partial charge in [0.1, 0.15) is 11.8 Å². The first-order valence-corrected chi connectivity index (χ1v) is 8.96. The van der Waals surface area contributed by atoms with Gasteiger partial charge in [-0.1, -0.05) is 0 Å². The van der Waals surface area contributed by atoms with Gasteiger partial charge in [-0.05, 0) is 18.6 Å². The lowest BCUT2D eigenvalue weighted by molar-refractivity contribution is 0.111. The number of fused-ring (bicyclic) bond motifs is 2. The minimum absolute atomic E-state index is 0.149. The summed E-state index contributed by atoms with van der Waals surface area (Å²) in [5, 5.41) is 9.34. The number of pyridine rings is 1. The molecule has 0 spiro atoms. The molecule has 1 aliphatic heterocycles. The maximum atomic E-state index is 12.8. The van der Waals surface area contributed by atoms with Crippen molar-refractivity contribution in [1.82, 2.24) is 33.8 Å². The van der Waals surface area contributed by atoms with E-state index in [1.165, 1.54) is 6.33 Å². The third kappa shape index (κ3) is 2.59. The minimum atomic E-state index is -0.149. The molecule has 1 fully saturated rings. The van der Waals surface area contributed by atoms with Crippen LogP contribution in [0.5, 0.6) is 0 Å². The van der Waals surface area contributed by atoms with Crippen molar-refractivity contribution in [1.29, 1.82) is 0 Å². The first-order chi connectivity index (χ1) is 13.6. The van der Waals surface area contributed by atoms with Gasteiger partial charge in [0.25, 0.3) is 0 Å². The number of aryl methyl sites for hydroxylation is 2. The van der Waals surface area contributed by atoms with E-state index in [9.17, 15) is 4.79 Å². The highest BCUT2D eigenvalue weighted by Crippen LogP contribution is 2.20. The van der Waals surface area contributed by atoms with Crippen LogP contribution in [0.4, 0.5) is 11.6 Å². The van der Waals surface area contributed by atoms with E-state index in [0.717, 1.165) is 16.9 Å². The molecule has 144 valence electrons. The van der Waals surface area contributed by atoms with Crippen LogP contribution in [0.2, 0.25) is 0 Å². The zero-order valence-electron chi connectivity index (χ0n) is 15.5. The van der Waals surface area contributed by atoms with Crippen molar-refractivity contribution in [3.8, 4) is 0 Å². The Kier molecular flexibility index (Phi) is 3.76. The highest BCUT2D eigenvalue weighted by Gasteiger charge is 2.20. The molecule has 0 unspecified atom stereocenters. The Morgan fingerprint density at radius 2 is 2.04 bits per heavy atom. The average Bonchev–Trinajstić information content (AvgIpc) is 3.25. The van der Waals surface area contributed by atoms with E-state index in [1.807, 2.05) is 24.2 Å². The quantitative estimate of drug-likeness (QED) is 0.536. The number of hydrogen-bond acceptors (Lipinski definition) is 8. The molecular weight excluding hydrogens is 362 g/mol. The molecule has 0 bridgehead atoms. The van der Waals surface area contributed by atoms with Crippen molar-refractivity contribution in [3.63, 3.8) is 0 Å². The molecule has 5 rings (SSSR count). The fraction of sp³-hybridized carbons (Fsp3) is 0.353. The van der Waals surface area contributed by atoms with Gasteiger partial charge in [0, 0.05) is 7.05 Å². The molecule has 5 heterocycles. The summed E-state index contributed by atoms with van der Waals surface area (Å²) in [6.07, 6.45) is 5.00. The lowest BCUT2D eigenvalue weighted by Crippen LogP contribution is -2.48. The second-order valence-electron chi connectivity index (χ2n) is 6.68. The molecule has 4 aromatic heterocycles. The first-order valence-electron chi connectivity index (χ1n) is 8.96. The highest BCUT2D eigenvalue weighted by atomic mass is 16.5. The van der Waals surface area contributed by atoms with Crippen LogP contribution in [-0.4, -0.2) is 60.1 Å². The van der Waals surface area contributed by atoms with Crippen molar-refractivity contribution in [2.24, 2.45) is 7.05 Å². The summed E-state index contributed by atoms with van der Waals surface area (Å²) < 4.78 is 10.2. The SMILES string of the molecule is Cc1cc2ncnn2cc1Nc1ncc2c(n1)n(N1CCOCC1)c(=O)n2C. The summed E-state index contributed by atoms with van der Waals surface area (Å²) in [5.74, 6) is 0.405. The Hall–Kier alpha value is -3.47. The van der Waals surface area contributed by atoms with E-state index in [0.29, 0.717) is 43.4 Å². The Balaban J connectivity index is 1.58. The smallest absolute Gasteiger partial charge is 0.349 e. The molecule has 0 radical (unpaired) electrons. The molecule has 1 saturated heterocycles. The maximum Gasteiger partial charge on any atom is 0.349 e. The van der Waals surface area contributed by atoms with Crippen molar-refractivity contribution in [3.05, 3.63) is 40.8 Å². The predicted octanol–water partition coefficient (Wildman–Crippen LogP) is 0.193. The third-order valence-electron chi connectivity index (χ3n) is 4.92. The Labute approximate surface area is 159 Å². The van der Waals surface area contributed by atoms with Crippen molar-refractivity contribution < 1.29 is 4.74 Å². The Bertz CT molecular complexity index is 1230. The molecule has 11 nitrogen and oxygen atoms in total.